The Morgan fingerprint density at radius 1 is 0.926 bits per heavy atom. The Hall–Kier alpha value is -2.74. The van der Waals surface area contributed by atoms with Crippen molar-refractivity contribution in [3.05, 3.63) is 70.4 Å². The number of nitrogens with zero attached hydrogens (tertiary/aromatic N) is 2. The molecule has 0 radical (unpaired) electrons. The Bertz CT molecular complexity index is 988. The smallest absolute Gasteiger partial charge is 0.340 e. The van der Waals surface area contributed by atoms with Gasteiger partial charge in [-0.1, -0.05) is 23.7 Å². The molecule has 0 aliphatic carbocycles. The van der Waals surface area contributed by atoms with E-state index in [0.29, 0.717) is 11.1 Å². The summed E-state index contributed by atoms with van der Waals surface area (Å²) in [6.07, 6.45) is -4.45. The molecule has 0 fully saturated rings. The van der Waals surface area contributed by atoms with E-state index in [0.717, 1.165) is 24.3 Å². The molecule has 0 bridgehead atoms. The van der Waals surface area contributed by atoms with Crippen molar-refractivity contribution in [3.8, 4) is 11.4 Å². The Morgan fingerprint density at radius 3 is 2.19 bits per heavy atom. The first kappa shape index (κ1) is 19.0. The number of benzene rings is 2. The second-order valence-corrected chi connectivity index (χ2v) is 6.07. The van der Waals surface area contributed by atoms with Gasteiger partial charge in [-0.25, -0.2) is 18.7 Å². The molecule has 0 aliphatic rings. The lowest BCUT2D eigenvalue weighted by Gasteiger charge is -2.11. The zero-order valence-electron chi connectivity index (χ0n) is 13.7. The lowest BCUT2D eigenvalue weighted by atomic mass is 10.1. The summed E-state index contributed by atoms with van der Waals surface area (Å²) >= 11 is 5.96. The average Bonchev–Trinajstić information content (AvgIpc) is 2.58. The molecule has 3 nitrogen and oxygen atoms in total. The molecule has 0 aliphatic heterocycles. The first-order valence-corrected chi connectivity index (χ1v) is 7.96. The molecule has 9 heteroatoms. The molecule has 1 N–H and O–H groups in total. The van der Waals surface area contributed by atoms with Crippen molar-refractivity contribution in [1.82, 2.24) is 9.97 Å². The lowest BCUT2D eigenvalue weighted by molar-refractivity contribution is -0.137. The number of aromatic nitrogens is 2. The summed E-state index contributed by atoms with van der Waals surface area (Å²) in [5.41, 5.74) is 0.210. The average molecular weight is 400 g/mol. The minimum Gasteiger partial charge on any atom is -0.340 e. The summed E-state index contributed by atoms with van der Waals surface area (Å²) in [7, 11) is 0. The van der Waals surface area contributed by atoms with Crippen LogP contribution < -0.4 is 5.32 Å². The van der Waals surface area contributed by atoms with Crippen molar-refractivity contribution < 1.29 is 22.0 Å². The fourth-order valence-corrected chi connectivity index (χ4v) is 2.52. The van der Waals surface area contributed by atoms with Crippen LogP contribution in [0.5, 0.6) is 0 Å². The molecule has 3 aromatic rings. The number of aryl methyl sites for hydroxylation is 1. The van der Waals surface area contributed by atoms with E-state index in [1.54, 1.807) is 6.92 Å². The van der Waals surface area contributed by atoms with E-state index in [4.69, 9.17) is 11.6 Å². The van der Waals surface area contributed by atoms with E-state index in [-0.39, 0.29) is 22.5 Å². The van der Waals surface area contributed by atoms with Gasteiger partial charge in [0.2, 0.25) is 0 Å². The van der Waals surface area contributed by atoms with Crippen molar-refractivity contribution in [2.45, 2.75) is 13.1 Å². The van der Waals surface area contributed by atoms with Crippen LogP contribution in [0.1, 0.15) is 11.1 Å². The van der Waals surface area contributed by atoms with Gasteiger partial charge < -0.3 is 5.32 Å². The van der Waals surface area contributed by atoms with Gasteiger partial charge in [0, 0.05) is 23.4 Å². The highest BCUT2D eigenvalue weighted by Gasteiger charge is 2.30. The van der Waals surface area contributed by atoms with Crippen LogP contribution in [-0.2, 0) is 6.18 Å². The van der Waals surface area contributed by atoms with Crippen molar-refractivity contribution >= 4 is 23.1 Å². The van der Waals surface area contributed by atoms with E-state index in [2.05, 4.69) is 15.3 Å². The van der Waals surface area contributed by atoms with Gasteiger partial charge in [-0.2, -0.15) is 13.2 Å². The fourth-order valence-electron chi connectivity index (χ4n) is 2.34. The highest BCUT2D eigenvalue weighted by atomic mass is 35.5. The van der Waals surface area contributed by atoms with Gasteiger partial charge in [0.1, 0.15) is 11.0 Å². The monoisotopic (exact) mass is 399 g/mol. The maximum absolute atomic E-state index is 13.5. The van der Waals surface area contributed by atoms with E-state index in [1.807, 2.05) is 0 Å². The number of hydrogen-bond acceptors (Lipinski definition) is 3. The summed E-state index contributed by atoms with van der Waals surface area (Å²) in [6, 6.07) is 7.62. The van der Waals surface area contributed by atoms with Gasteiger partial charge in [-0.3, -0.25) is 0 Å². The van der Waals surface area contributed by atoms with Crippen LogP contribution in [0.3, 0.4) is 0 Å². The summed E-state index contributed by atoms with van der Waals surface area (Å²) in [5, 5.41) is 2.83. The Labute approximate surface area is 155 Å². The molecule has 1 aromatic heterocycles. The molecule has 0 spiro atoms. The molecule has 0 saturated heterocycles. The fraction of sp³-hybridized carbons (Fsp3) is 0.111. The second kappa shape index (κ2) is 7.11. The first-order valence-electron chi connectivity index (χ1n) is 7.58. The number of rotatable bonds is 3. The van der Waals surface area contributed by atoms with E-state index < -0.39 is 23.4 Å². The number of halogens is 6. The Balaban J connectivity index is 1.94. The van der Waals surface area contributed by atoms with Gasteiger partial charge in [-0.05, 0) is 30.7 Å². The van der Waals surface area contributed by atoms with Crippen LogP contribution in [0.2, 0.25) is 5.15 Å². The van der Waals surface area contributed by atoms with Crippen molar-refractivity contribution in [1.29, 1.82) is 0 Å². The number of hydrogen-bond donors (Lipinski definition) is 1. The number of nitrogens with one attached hydrogen (secondary N) is 1. The van der Waals surface area contributed by atoms with Gasteiger partial charge >= 0.3 is 6.18 Å². The van der Waals surface area contributed by atoms with Crippen LogP contribution in [0, 0.1) is 18.6 Å². The van der Waals surface area contributed by atoms with Crippen LogP contribution in [-0.4, -0.2) is 9.97 Å². The van der Waals surface area contributed by atoms with Crippen LogP contribution in [0.4, 0.5) is 33.5 Å². The Kier molecular flexibility index (Phi) is 5.01. The van der Waals surface area contributed by atoms with Gasteiger partial charge in [0.25, 0.3) is 0 Å². The second-order valence-electron chi connectivity index (χ2n) is 5.68. The first-order chi connectivity index (χ1) is 12.6. The molecule has 1 heterocycles. The molecular formula is C18H11ClF5N3. The van der Waals surface area contributed by atoms with Crippen molar-refractivity contribution in [2.24, 2.45) is 0 Å². The minimum atomic E-state index is -4.45. The third-order valence-electron chi connectivity index (χ3n) is 3.70. The predicted octanol–water partition coefficient (Wildman–Crippen LogP) is 6.15. The molecule has 0 unspecified atom stereocenters. The van der Waals surface area contributed by atoms with Gasteiger partial charge in [-0.15, -0.1) is 0 Å². The summed E-state index contributed by atoms with van der Waals surface area (Å²) in [5.74, 6) is -1.76. The molecule has 2 aromatic carbocycles. The van der Waals surface area contributed by atoms with E-state index in [1.165, 1.54) is 18.2 Å². The topological polar surface area (TPSA) is 37.8 Å². The molecule has 140 valence electrons. The Morgan fingerprint density at radius 2 is 1.56 bits per heavy atom. The van der Waals surface area contributed by atoms with Crippen LogP contribution >= 0.6 is 11.6 Å². The van der Waals surface area contributed by atoms with Crippen LogP contribution in [0.15, 0.2) is 42.5 Å². The SMILES string of the molecule is Cc1cc(F)c(F)cc1Nc1cc(Cl)nc(-c2ccc(C(F)(F)F)cc2)n1. The van der Waals surface area contributed by atoms with Gasteiger partial charge in [0.05, 0.1) is 5.56 Å². The standard InChI is InChI=1S/C18H11ClF5N3/c1-9-6-12(20)13(21)7-14(9)25-16-8-15(19)26-17(27-16)10-2-4-11(5-3-10)18(22,23)24/h2-8H,1H3,(H,25,26,27). The molecule has 0 atom stereocenters. The summed E-state index contributed by atoms with van der Waals surface area (Å²) in [6.45, 7) is 1.57. The third kappa shape index (κ3) is 4.33. The summed E-state index contributed by atoms with van der Waals surface area (Å²) < 4.78 is 64.7. The lowest BCUT2D eigenvalue weighted by Crippen LogP contribution is -2.04. The predicted molar refractivity (Wildman–Crippen MR) is 91.9 cm³/mol. The molecule has 3 rings (SSSR count). The maximum Gasteiger partial charge on any atom is 0.416 e. The zero-order chi connectivity index (χ0) is 19.8. The maximum atomic E-state index is 13.5. The third-order valence-corrected chi connectivity index (χ3v) is 3.89. The van der Waals surface area contributed by atoms with Gasteiger partial charge in [0.15, 0.2) is 17.5 Å². The highest BCUT2D eigenvalue weighted by Crippen LogP contribution is 2.31. The number of anilines is 2. The minimum absolute atomic E-state index is 0.0302. The van der Waals surface area contributed by atoms with E-state index >= 15 is 0 Å². The quantitative estimate of drug-likeness (QED) is 0.424. The summed E-state index contributed by atoms with van der Waals surface area (Å²) in [4.78, 5) is 8.17. The van der Waals surface area contributed by atoms with E-state index in [9.17, 15) is 22.0 Å². The zero-order valence-corrected chi connectivity index (χ0v) is 14.5. The number of alkyl halides is 3. The molecule has 0 saturated carbocycles. The normalized spacial score (nSPS) is 11.5. The van der Waals surface area contributed by atoms with Crippen molar-refractivity contribution in [2.75, 3.05) is 5.32 Å². The van der Waals surface area contributed by atoms with Crippen LogP contribution in [0.25, 0.3) is 11.4 Å². The molecule has 0 amide bonds. The highest BCUT2D eigenvalue weighted by molar-refractivity contribution is 6.29. The molecule has 27 heavy (non-hydrogen) atoms. The van der Waals surface area contributed by atoms with Crippen molar-refractivity contribution in [3.63, 3.8) is 0 Å². The largest absolute Gasteiger partial charge is 0.416 e. The molecular weight excluding hydrogens is 389 g/mol.